The molecule has 0 aromatic heterocycles. The maximum Gasteiger partial charge on any atom is 0.0304 e. The number of rotatable bonds is 4. The molecule has 1 atom stereocenters. The van der Waals surface area contributed by atoms with E-state index in [1.54, 1.807) is 0 Å². The zero-order valence-corrected chi connectivity index (χ0v) is 12.8. The monoisotopic (exact) mass is 240 g/mol. The zero-order chi connectivity index (χ0) is 13.1. The maximum absolute atomic E-state index is 3.73. The molecule has 2 nitrogen and oxygen atoms in total. The first-order valence-corrected chi connectivity index (χ1v) is 7.30. The van der Waals surface area contributed by atoms with E-state index in [-0.39, 0.29) is 0 Å². The van der Waals surface area contributed by atoms with Gasteiger partial charge in [-0.25, -0.2) is 0 Å². The van der Waals surface area contributed by atoms with E-state index in [0.29, 0.717) is 11.0 Å². The molecular formula is C15H32N2. The van der Waals surface area contributed by atoms with Crippen molar-refractivity contribution in [1.29, 1.82) is 0 Å². The van der Waals surface area contributed by atoms with Gasteiger partial charge in [0, 0.05) is 31.7 Å². The SMILES string of the molecule is CCC1(CC)CN(CC(C)C(C)(C)C)CCN1. The van der Waals surface area contributed by atoms with Crippen LogP contribution in [0.3, 0.4) is 0 Å². The van der Waals surface area contributed by atoms with Gasteiger partial charge in [0.2, 0.25) is 0 Å². The molecule has 1 rings (SSSR count). The lowest BCUT2D eigenvalue weighted by atomic mass is 9.81. The first kappa shape index (κ1) is 15.0. The quantitative estimate of drug-likeness (QED) is 0.812. The largest absolute Gasteiger partial charge is 0.309 e. The Morgan fingerprint density at radius 3 is 2.29 bits per heavy atom. The van der Waals surface area contributed by atoms with Crippen molar-refractivity contribution in [1.82, 2.24) is 10.2 Å². The van der Waals surface area contributed by atoms with Crippen molar-refractivity contribution in [2.45, 2.75) is 59.9 Å². The third-order valence-corrected chi connectivity index (χ3v) is 4.82. The van der Waals surface area contributed by atoms with E-state index in [1.807, 2.05) is 0 Å². The van der Waals surface area contributed by atoms with Crippen LogP contribution in [0.1, 0.15) is 54.4 Å². The summed E-state index contributed by atoms with van der Waals surface area (Å²) in [6.45, 7) is 18.9. The van der Waals surface area contributed by atoms with Crippen molar-refractivity contribution in [3.05, 3.63) is 0 Å². The molecule has 1 fully saturated rings. The third-order valence-electron chi connectivity index (χ3n) is 4.82. The van der Waals surface area contributed by atoms with Crippen LogP contribution in [-0.4, -0.2) is 36.6 Å². The summed E-state index contributed by atoms with van der Waals surface area (Å²) in [5.41, 5.74) is 0.793. The molecule has 0 saturated carbocycles. The number of nitrogens with one attached hydrogen (secondary N) is 1. The second-order valence-electron chi connectivity index (χ2n) is 6.92. The molecule has 0 bridgehead atoms. The second-order valence-corrected chi connectivity index (χ2v) is 6.92. The topological polar surface area (TPSA) is 15.3 Å². The molecule has 0 aliphatic carbocycles. The van der Waals surface area contributed by atoms with Gasteiger partial charge in [0.05, 0.1) is 0 Å². The van der Waals surface area contributed by atoms with Gasteiger partial charge in [0.1, 0.15) is 0 Å². The summed E-state index contributed by atoms with van der Waals surface area (Å²) in [5, 5.41) is 3.73. The Labute approximate surface area is 108 Å². The van der Waals surface area contributed by atoms with Crippen molar-refractivity contribution in [2.75, 3.05) is 26.2 Å². The lowest BCUT2D eigenvalue weighted by Gasteiger charge is -2.45. The van der Waals surface area contributed by atoms with Gasteiger partial charge in [-0.2, -0.15) is 0 Å². The molecule has 1 aliphatic heterocycles. The Morgan fingerprint density at radius 1 is 1.24 bits per heavy atom. The van der Waals surface area contributed by atoms with Crippen molar-refractivity contribution >= 4 is 0 Å². The highest BCUT2D eigenvalue weighted by atomic mass is 15.2. The fourth-order valence-electron chi connectivity index (χ4n) is 2.58. The molecule has 1 unspecified atom stereocenters. The summed E-state index contributed by atoms with van der Waals surface area (Å²) in [6, 6.07) is 0. The van der Waals surface area contributed by atoms with Gasteiger partial charge in [-0.1, -0.05) is 41.5 Å². The van der Waals surface area contributed by atoms with Gasteiger partial charge in [-0.3, -0.25) is 4.90 Å². The minimum Gasteiger partial charge on any atom is -0.309 e. The lowest BCUT2D eigenvalue weighted by molar-refractivity contribution is 0.0869. The minimum atomic E-state index is 0.371. The van der Waals surface area contributed by atoms with Crippen LogP contribution in [0.4, 0.5) is 0 Å². The minimum absolute atomic E-state index is 0.371. The van der Waals surface area contributed by atoms with Crippen molar-refractivity contribution in [3.8, 4) is 0 Å². The second kappa shape index (κ2) is 5.71. The highest BCUT2D eigenvalue weighted by Crippen LogP contribution is 2.28. The van der Waals surface area contributed by atoms with Gasteiger partial charge >= 0.3 is 0 Å². The highest BCUT2D eigenvalue weighted by molar-refractivity contribution is 4.93. The van der Waals surface area contributed by atoms with Crippen LogP contribution in [0.2, 0.25) is 0 Å². The van der Waals surface area contributed by atoms with Crippen molar-refractivity contribution in [2.24, 2.45) is 11.3 Å². The summed E-state index contributed by atoms with van der Waals surface area (Å²) >= 11 is 0. The smallest absolute Gasteiger partial charge is 0.0304 e. The van der Waals surface area contributed by atoms with E-state index < -0.39 is 0 Å². The Kier molecular flexibility index (Phi) is 5.03. The van der Waals surface area contributed by atoms with Crippen molar-refractivity contribution < 1.29 is 0 Å². The van der Waals surface area contributed by atoms with E-state index in [2.05, 4.69) is 51.8 Å². The van der Waals surface area contributed by atoms with Gasteiger partial charge in [0.15, 0.2) is 0 Å². The standard InChI is InChI=1S/C15H32N2/c1-7-15(8-2)12-17(10-9-16-15)11-13(3)14(4,5)6/h13,16H,7-12H2,1-6H3. The average molecular weight is 240 g/mol. The number of hydrogen-bond acceptors (Lipinski definition) is 2. The first-order valence-electron chi connectivity index (χ1n) is 7.30. The fourth-order valence-corrected chi connectivity index (χ4v) is 2.58. The van der Waals surface area contributed by atoms with E-state index in [0.717, 1.165) is 12.5 Å². The molecule has 1 heterocycles. The maximum atomic E-state index is 3.73. The molecular weight excluding hydrogens is 208 g/mol. The fraction of sp³-hybridized carbons (Fsp3) is 1.00. The predicted octanol–water partition coefficient (Wildman–Crippen LogP) is 3.13. The molecule has 0 radical (unpaired) electrons. The predicted molar refractivity (Wildman–Crippen MR) is 76.4 cm³/mol. The van der Waals surface area contributed by atoms with Crippen LogP contribution in [0.15, 0.2) is 0 Å². The summed E-state index contributed by atoms with van der Waals surface area (Å²) < 4.78 is 0. The molecule has 1 N–H and O–H groups in total. The van der Waals surface area contributed by atoms with E-state index in [1.165, 1.54) is 32.5 Å². The number of hydrogen-bond donors (Lipinski definition) is 1. The van der Waals surface area contributed by atoms with Crippen LogP contribution in [-0.2, 0) is 0 Å². The molecule has 1 saturated heterocycles. The molecule has 102 valence electrons. The molecule has 0 aromatic rings. The molecule has 2 heteroatoms. The molecule has 0 amide bonds. The number of nitrogens with zero attached hydrogens (tertiary/aromatic N) is 1. The van der Waals surface area contributed by atoms with Gasteiger partial charge in [-0.05, 0) is 24.2 Å². The zero-order valence-electron chi connectivity index (χ0n) is 12.8. The third kappa shape index (κ3) is 3.96. The first-order chi connectivity index (χ1) is 7.83. The molecule has 17 heavy (non-hydrogen) atoms. The molecule has 0 spiro atoms. The summed E-state index contributed by atoms with van der Waals surface area (Å²) in [7, 11) is 0. The summed E-state index contributed by atoms with van der Waals surface area (Å²) in [4.78, 5) is 2.67. The van der Waals surface area contributed by atoms with Gasteiger partial charge in [-0.15, -0.1) is 0 Å². The highest BCUT2D eigenvalue weighted by Gasteiger charge is 2.33. The van der Waals surface area contributed by atoms with Gasteiger partial charge < -0.3 is 5.32 Å². The molecule has 1 aliphatic rings. The summed E-state index contributed by atoms with van der Waals surface area (Å²) in [6.07, 6.45) is 2.48. The lowest BCUT2D eigenvalue weighted by Crippen LogP contribution is -2.60. The average Bonchev–Trinajstić information content (AvgIpc) is 2.28. The summed E-state index contributed by atoms with van der Waals surface area (Å²) in [5.74, 6) is 0.756. The van der Waals surface area contributed by atoms with E-state index >= 15 is 0 Å². The van der Waals surface area contributed by atoms with Crippen LogP contribution in [0, 0.1) is 11.3 Å². The van der Waals surface area contributed by atoms with E-state index in [4.69, 9.17) is 0 Å². The van der Waals surface area contributed by atoms with Crippen LogP contribution < -0.4 is 5.32 Å². The van der Waals surface area contributed by atoms with Gasteiger partial charge in [0.25, 0.3) is 0 Å². The Balaban J connectivity index is 2.56. The van der Waals surface area contributed by atoms with Crippen molar-refractivity contribution in [3.63, 3.8) is 0 Å². The van der Waals surface area contributed by atoms with E-state index in [9.17, 15) is 0 Å². The molecule has 0 aromatic carbocycles. The Bertz CT molecular complexity index is 226. The number of piperazine rings is 1. The Hall–Kier alpha value is -0.0800. The normalized spacial score (nSPS) is 23.6. The van der Waals surface area contributed by atoms with Crippen LogP contribution in [0.5, 0.6) is 0 Å². The van der Waals surface area contributed by atoms with Crippen LogP contribution >= 0.6 is 0 Å². The van der Waals surface area contributed by atoms with Crippen LogP contribution in [0.25, 0.3) is 0 Å². The Morgan fingerprint density at radius 2 is 1.82 bits per heavy atom.